The number of fused-ring (bicyclic) bond motifs is 3. The smallest absolute Gasteiger partial charge is 0.397 e. The largest absolute Gasteiger partial charge is 0.486 e. The van der Waals surface area contributed by atoms with Crippen LogP contribution >= 0.6 is 0 Å². The topological polar surface area (TPSA) is 82.1 Å². The van der Waals surface area contributed by atoms with Crippen molar-refractivity contribution in [1.29, 1.82) is 0 Å². The third-order valence-corrected chi connectivity index (χ3v) is 4.55. The second-order valence-corrected chi connectivity index (χ2v) is 6.06. The van der Waals surface area contributed by atoms with E-state index in [1.807, 2.05) is 25.1 Å². The van der Waals surface area contributed by atoms with Crippen LogP contribution in [0.25, 0.3) is 0 Å². The summed E-state index contributed by atoms with van der Waals surface area (Å²) < 4.78 is 16.0. The predicted molar refractivity (Wildman–Crippen MR) is 86.8 cm³/mol. The maximum atomic E-state index is 12.5. The van der Waals surface area contributed by atoms with E-state index < -0.39 is 35.9 Å². The van der Waals surface area contributed by atoms with Crippen molar-refractivity contribution >= 4 is 17.8 Å². The lowest BCUT2D eigenvalue weighted by Gasteiger charge is -2.21. The number of esters is 2. The Hall–Kier alpha value is -2.57. The van der Waals surface area contributed by atoms with Gasteiger partial charge in [0, 0.05) is 12.1 Å². The standard InChI is InChI=1S/C18H21NO6/c1-4-23-17(21)12-9-19(16(20)18(22)24-5-2)13-11-8-6-7-10(3)14(11)25-15(12)13/h6-8,12-13,15H,4-5,9H2,1-3H3/t12-,13+,15+/m1/s1. The zero-order chi connectivity index (χ0) is 18.1. The van der Waals surface area contributed by atoms with Crippen molar-refractivity contribution in [1.82, 2.24) is 4.90 Å². The predicted octanol–water partition coefficient (Wildman–Crippen LogP) is 1.38. The van der Waals surface area contributed by atoms with Gasteiger partial charge >= 0.3 is 17.8 Å². The number of nitrogens with zero attached hydrogens (tertiary/aromatic N) is 1. The van der Waals surface area contributed by atoms with E-state index in [-0.39, 0.29) is 19.8 Å². The van der Waals surface area contributed by atoms with Crippen molar-refractivity contribution in [2.75, 3.05) is 19.8 Å². The fourth-order valence-corrected chi connectivity index (χ4v) is 3.50. The van der Waals surface area contributed by atoms with E-state index in [2.05, 4.69) is 0 Å². The highest BCUT2D eigenvalue weighted by atomic mass is 16.5. The average molecular weight is 347 g/mol. The van der Waals surface area contributed by atoms with Crippen molar-refractivity contribution in [3.8, 4) is 5.75 Å². The lowest BCUT2D eigenvalue weighted by Crippen LogP contribution is -2.38. The average Bonchev–Trinajstić information content (AvgIpc) is 3.13. The second kappa shape index (κ2) is 6.74. The number of ether oxygens (including phenoxy) is 3. The number of rotatable bonds is 3. The van der Waals surface area contributed by atoms with Gasteiger partial charge in [-0.1, -0.05) is 18.2 Å². The molecular formula is C18H21NO6. The van der Waals surface area contributed by atoms with Crippen LogP contribution in [0.4, 0.5) is 0 Å². The summed E-state index contributed by atoms with van der Waals surface area (Å²) in [7, 11) is 0. The Bertz CT molecular complexity index is 716. The first-order valence-electron chi connectivity index (χ1n) is 8.40. The number of aryl methyl sites for hydroxylation is 1. The van der Waals surface area contributed by atoms with E-state index in [1.165, 1.54) is 4.90 Å². The lowest BCUT2D eigenvalue weighted by molar-refractivity contribution is -0.160. The van der Waals surface area contributed by atoms with Crippen LogP contribution in [0.2, 0.25) is 0 Å². The van der Waals surface area contributed by atoms with E-state index >= 15 is 0 Å². The van der Waals surface area contributed by atoms with Crippen LogP contribution in [0.3, 0.4) is 0 Å². The van der Waals surface area contributed by atoms with Crippen molar-refractivity contribution in [2.24, 2.45) is 5.92 Å². The van der Waals surface area contributed by atoms with E-state index in [4.69, 9.17) is 14.2 Å². The van der Waals surface area contributed by atoms with Gasteiger partial charge in [-0.2, -0.15) is 0 Å². The molecule has 1 saturated heterocycles. The third kappa shape index (κ3) is 2.83. The van der Waals surface area contributed by atoms with Crippen LogP contribution < -0.4 is 4.74 Å². The lowest BCUT2D eigenvalue weighted by atomic mass is 9.98. The first-order chi connectivity index (χ1) is 12.0. The van der Waals surface area contributed by atoms with Gasteiger partial charge in [-0.3, -0.25) is 9.59 Å². The highest BCUT2D eigenvalue weighted by molar-refractivity contribution is 6.32. The molecule has 2 aliphatic rings. The van der Waals surface area contributed by atoms with Gasteiger partial charge in [0.05, 0.1) is 19.3 Å². The van der Waals surface area contributed by atoms with Gasteiger partial charge in [-0.05, 0) is 26.3 Å². The molecule has 1 fully saturated rings. The molecule has 1 amide bonds. The van der Waals surface area contributed by atoms with E-state index in [9.17, 15) is 14.4 Å². The van der Waals surface area contributed by atoms with Crippen LogP contribution in [0.15, 0.2) is 18.2 Å². The minimum atomic E-state index is -0.924. The minimum absolute atomic E-state index is 0.0686. The zero-order valence-corrected chi connectivity index (χ0v) is 14.5. The summed E-state index contributed by atoms with van der Waals surface area (Å²) in [5, 5.41) is 0. The molecule has 7 heteroatoms. The number of para-hydroxylation sites is 1. The molecule has 0 radical (unpaired) electrons. The molecule has 1 aromatic carbocycles. The molecule has 3 rings (SSSR count). The van der Waals surface area contributed by atoms with Crippen molar-refractivity contribution < 1.29 is 28.6 Å². The maximum Gasteiger partial charge on any atom is 0.397 e. The number of carbonyl (C=O) groups is 3. The van der Waals surface area contributed by atoms with Gasteiger partial charge in [0.15, 0.2) is 0 Å². The Balaban J connectivity index is 1.97. The molecular weight excluding hydrogens is 326 g/mol. The van der Waals surface area contributed by atoms with Crippen molar-refractivity contribution in [3.63, 3.8) is 0 Å². The summed E-state index contributed by atoms with van der Waals surface area (Å²) in [6.45, 7) is 5.68. The number of amides is 1. The fourth-order valence-electron chi connectivity index (χ4n) is 3.50. The summed E-state index contributed by atoms with van der Waals surface area (Å²) in [6.07, 6.45) is -0.562. The molecule has 1 aromatic rings. The van der Waals surface area contributed by atoms with Crippen LogP contribution in [0.5, 0.6) is 5.75 Å². The summed E-state index contributed by atoms with van der Waals surface area (Å²) in [6, 6.07) is 5.12. The molecule has 0 unspecified atom stereocenters. The maximum absolute atomic E-state index is 12.5. The first kappa shape index (κ1) is 17.3. The van der Waals surface area contributed by atoms with Crippen LogP contribution in [0, 0.1) is 12.8 Å². The minimum Gasteiger partial charge on any atom is -0.486 e. The van der Waals surface area contributed by atoms with Gasteiger partial charge in [0.25, 0.3) is 0 Å². The number of benzene rings is 1. The van der Waals surface area contributed by atoms with Gasteiger partial charge in [0.2, 0.25) is 0 Å². The van der Waals surface area contributed by atoms with Crippen molar-refractivity contribution in [2.45, 2.75) is 32.9 Å². The normalized spacial score (nSPS) is 23.5. The summed E-state index contributed by atoms with van der Waals surface area (Å²) in [5.74, 6) is -2.10. The summed E-state index contributed by atoms with van der Waals surface area (Å²) in [4.78, 5) is 38.2. The van der Waals surface area contributed by atoms with Crippen LogP contribution in [0.1, 0.15) is 31.0 Å². The summed E-state index contributed by atoms with van der Waals surface area (Å²) >= 11 is 0. The van der Waals surface area contributed by atoms with Gasteiger partial charge < -0.3 is 19.1 Å². The Morgan fingerprint density at radius 2 is 1.92 bits per heavy atom. The monoisotopic (exact) mass is 347 g/mol. The quantitative estimate of drug-likeness (QED) is 0.607. The molecule has 3 atom stereocenters. The molecule has 0 bridgehead atoms. The van der Waals surface area contributed by atoms with E-state index in [0.717, 1.165) is 11.1 Å². The van der Waals surface area contributed by atoms with Gasteiger partial charge in [-0.25, -0.2) is 4.79 Å². The van der Waals surface area contributed by atoms with E-state index in [0.29, 0.717) is 5.75 Å². The molecule has 2 heterocycles. The second-order valence-electron chi connectivity index (χ2n) is 6.06. The number of likely N-dealkylation sites (tertiary alicyclic amines) is 1. The molecule has 25 heavy (non-hydrogen) atoms. The number of carbonyl (C=O) groups excluding carboxylic acids is 3. The SMILES string of the molecule is CCOC(=O)C(=O)N1C[C@@H](C(=O)OCC)[C@@H]2Oc3c(C)cccc3[C@@H]21. The molecule has 0 N–H and O–H groups in total. The van der Waals surface area contributed by atoms with E-state index in [1.54, 1.807) is 13.8 Å². The first-order valence-corrected chi connectivity index (χ1v) is 8.40. The molecule has 0 aliphatic carbocycles. The number of hydrogen-bond donors (Lipinski definition) is 0. The Morgan fingerprint density at radius 3 is 2.60 bits per heavy atom. The Morgan fingerprint density at radius 1 is 1.20 bits per heavy atom. The highest BCUT2D eigenvalue weighted by Crippen LogP contribution is 2.49. The molecule has 0 spiro atoms. The molecule has 0 aromatic heterocycles. The molecule has 7 nitrogen and oxygen atoms in total. The van der Waals surface area contributed by atoms with Crippen LogP contribution in [-0.4, -0.2) is 48.6 Å². The summed E-state index contributed by atoms with van der Waals surface area (Å²) in [5.41, 5.74) is 1.72. The molecule has 2 aliphatic heterocycles. The Kier molecular flexibility index (Phi) is 4.65. The zero-order valence-electron chi connectivity index (χ0n) is 14.5. The number of hydrogen-bond acceptors (Lipinski definition) is 6. The van der Waals surface area contributed by atoms with Crippen molar-refractivity contribution in [3.05, 3.63) is 29.3 Å². The van der Waals surface area contributed by atoms with Gasteiger partial charge in [0.1, 0.15) is 17.8 Å². The fraction of sp³-hybridized carbons (Fsp3) is 0.500. The molecule has 0 saturated carbocycles. The van der Waals surface area contributed by atoms with Crippen LogP contribution in [-0.2, 0) is 23.9 Å². The van der Waals surface area contributed by atoms with Gasteiger partial charge in [-0.15, -0.1) is 0 Å². The highest BCUT2D eigenvalue weighted by Gasteiger charge is 2.55. The third-order valence-electron chi connectivity index (χ3n) is 4.55. The Labute approximate surface area is 145 Å². The molecule has 134 valence electrons.